The van der Waals surface area contributed by atoms with Gasteiger partial charge in [0.05, 0.1) is 0 Å². The lowest BCUT2D eigenvalue weighted by atomic mass is 10.1. The number of hydrogen-bond acceptors (Lipinski definition) is 4. The number of benzene rings is 1. The molecule has 0 bridgehead atoms. The summed E-state index contributed by atoms with van der Waals surface area (Å²) in [5, 5.41) is 0. The highest BCUT2D eigenvalue weighted by Crippen LogP contribution is 2.23. The van der Waals surface area contributed by atoms with Crippen molar-refractivity contribution in [1.82, 2.24) is 14.9 Å². The smallest absolute Gasteiger partial charge is 0.272 e. The molecule has 0 N–H and O–H groups in total. The maximum absolute atomic E-state index is 12.8. The Kier molecular flexibility index (Phi) is 5.64. The number of carbonyl (C=O) groups excluding carboxylic acids is 1. The van der Waals surface area contributed by atoms with Crippen LogP contribution in [0.3, 0.4) is 0 Å². The molecular weight excluding hydrogens is 312 g/mol. The fourth-order valence-corrected chi connectivity index (χ4v) is 3.22. The lowest BCUT2D eigenvalue weighted by molar-refractivity contribution is 0.0767. The van der Waals surface area contributed by atoms with Gasteiger partial charge >= 0.3 is 0 Å². The van der Waals surface area contributed by atoms with Crippen molar-refractivity contribution >= 4 is 11.7 Å². The topological polar surface area (TPSA) is 49.3 Å². The monoisotopic (exact) mass is 338 g/mol. The lowest BCUT2D eigenvalue weighted by Gasteiger charge is -2.28. The Bertz CT molecular complexity index is 707. The first-order valence-corrected chi connectivity index (χ1v) is 9.21. The maximum Gasteiger partial charge on any atom is 0.272 e. The maximum atomic E-state index is 12.8. The zero-order valence-corrected chi connectivity index (χ0v) is 15.1. The number of aromatic nitrogens is 2. The molecule has 1 saturated heterocycles. The van der Waals surface area contributed by atoms with Gasteiger partial charge in [0.1, 0.15) is 11.5 Å². The summed E-state index contributed by atoms with van der Waals surface area (Å²) in [6.45, 7) is 7.32. The Hall–Kier alpha value is -2.43. The van der Waals surface area contributed by atoms with Crippen LogP contribution in [0.5, 0.6) is 0 Å². The molecule has 0 spiro atoms. The van der Waals surface area contributed by atoms with Crippen molar-refractivity contribution in [2.24, 2.45) is 0 Å². The SMILES string of the molecule is CCN(CC)C(=O)c1cc(N2CCCCC2)nc(-c2ccccc2)n1. The normalized spacial score (nSPS) is 14.4. The van der Waals surface area contributed by atoms with Crippen molar-refractivity contribution in [1.29, 1.82) is 0 Å². The summed E-state index contributed by atoms with van der Waals surface area (Å²) in [4.78, 5) is 26.3. The molecular formula is C20H26N4O. The van der Waals surface area contributed by atoms with Crippen LogP contribution in [0.1, 0.15) is 43.6 Å². The van der Waals surface area contributed by atoms with Crippen molar-refractivity contribution in [2.45, 2.75) is 33.1 Å². The van der Waals surface area contributed by atoms with Crippen molar-refractivity contribution < 1.29 is 4.79 Å². The first-order valence-electron chi connectivity index (χ1n) is 9.21. The van der Waals surface area contributed by atoms with Crippen molar-refractivity contribution in [3.8, 4) is 11.4 Å². The van der Waals surface area contributed by atoms with Gasteiger partial charge in [-0.25, -0.2) is 9.97 Å². The van der Waals surface area contributed by atoms with Gasteiger partial charge < -0.3 is 9.80 Å². The average molecular weight is 338 g/mol. The third kappa shape index (κ3) is 3.98. The van der Waals surface area contributed by atoms with Gasteiger partial charge in [-0.15, -0.1) is 0 Å². The molecule has 25 heavy (non-hydrogen) atoms. The average Bonchev–Trinajstić information content (AvgIpc) is 2.70. The van der Waals surface area contributed by atoms with Gasteiger partial charge in [0.25, 0.3) is 5.91 Å². The molecule has 2 aromatic rings. The summed E-state index contributed by atoms with van der Waals surface area (Å²) in [6.07, 6.45) is 3.60. The molecule has 1 aliphatic rings. The van der Waals surface area contributed by atoms with E-state index >= 15 is 0 Å². The molecule has 1 aliphatic heterocycles. The first kappa shape index (κ1) is 17.4. The van der Waals surface area contributed by atoms with E-state index in [1.807, 2.05) is 50.2 Å². The van der Waals surface area contributed by atoms with Gasteiger partial charge in [-0.1, -0.05) is 30.3 Å². The summed E-state index contributed by atoms with van der Waals surface area (Å²) in [6, 6.07) is 11.7. The largest absolute Gasteiger partial charge is 0.356 e. The van der Waals surface area contributed by atoms with Crippen LogP contribution in [0.2, 0.25) is 0 Å². The second-order valence-electron chi connectivity index (χ2n) is 6.33. The Labute approximate surface area is 149 Å². The van der Waals surface area contributed by atoms with E-state index in [0.29, 0.717) is 24.6 Å². The summed E-state index contributed by atoms with van der Waals surface area (Å²) in [5.74, 6) is 1.46. The van der Waals surface area contributed by atoms with Gasteiger partial charge in [-0.2, -0.15) is 0 Å². The van der Waals surface area contributed by atoms with Crippen molar-refractivity contribution in [3.05, 3.63) is 42.1 Å². The predicted molar refractivity (Wildman–Crippen MR) is 101 cm³/mol. The van der Waals surface area contributed by atoms with Crippen LogP contribution < -0.4 is 4.90 Å². The van der Waals surface area contributed by atoms with E-state index in [9.17, 15) is 4.79 Å². The third-order valence-electron chi connectivity index (χ3n) is 4.69. The van der Waals surface area contributed by atoms with Gasteiger partial charge in [-0.3, -0.25) is 4.79 Å². The predicted octanol–water partition coefficient (Wildman–Crippen LogP) is 3.62. The molecule has 3 rings (SSSR count). The Morgan fingerprint density at radius 3 is 2.36 bits per heavy atom. The van der Waals surface area contributed by atoms with E-state index in [4.69, 9.17) is 4.98 Å². The quantitative estimate of drug-likeness (QED) is 0.835. The van der Waals surface area contributed by atoms with E-state index in [1.54, 1.807) is 4.90 Å². The molecule has 0 aliphatic carbocycles. The highest BCUT2D eigenvalue weighted by molar-refractivity contribution is 5.93. The molecule has 0 unspecified atom stereocenters. The minimum absolute atomic E-state index is 0.0251. The highest BCUT2D eigenvalue weighted by atomic mass is 16.2. The van der Waals surface area contributed by atoms with Gasteiger partial charge in [-0.05, 0) is 33.1 Å². The molecule has 5 heteroatoms. The number of hydrogen-bond donors (Lipinski definition) is 0. The highest BCUT2D eigenvalue weighted by Gasteiger charge is 2.20. The van der Waals surface area contributed by atoms with Crippen LogP contribution in [0.25, 0.3) is 11.4 Å². The molecule has 1 aromatic heterocycles. The molecule has 0 atom stereocenters. The number of carbonyl (C=O) groups is 1. The Balaban J connectivity index is 2.03. The van der Waals surface area contributed by atoms with Crippen LogP contribution in [-0.4, -0.2) is 47.0 Å². The molecule has 1 fully saturated rings. The van der Waals surface area contributed by atoms with E-state index in [2.05, 4.69) is 9.88 Å². The summed E-state index contributed by atoms with van der Waals surface area (Å²) >= 11 is 0. The van der Waals surface area contributed by atoms with Crippen LogP contribution in [0.15, 0.2) is 36.4 Å². The molecule has 5 nitrogen and oxygen atoms in total. The van der Waals surface area contributed by atoms with Crippen molar-refractivity contribution in [3.63, 3.8) is 0 Å². The standard InChI is InChI=1S/C20H26N4O/c1-3-23(4-2)20(25)17-15-18(24-13-9-6-10-14-24)22-19(21-17)16-11-7-5-8-12-16/h5,7-8,11-12,15H,3-4,6,9-10,13-14H2,1-2H3. The second-order valence-corrected chi connectivity index (χ2v) is 6.33. The number of amides is 1. The third-order valence-corrected chi connectivity index (χ3v) is 4.69. The van der Waals surface area contributed by atoms with E-state index < -0.39 is 0 Å². The van der Waals surface area contributed by atoms with Crippen LogP contribution in [0, 0.1) is 0 Å². The van der Waals surface area contributed by atoms with E-state index in [1.165, 1.54) is 19.3 Å². The van der Waals surface area contributed by atoms with Gasteiger partial charge in [0.15, 0.2) is 5.82 Å². The Morgan fingerprint density at radius 2 is 1.72 bits per heavy atom. The first-order chi connectivity index (χ1) is 12.2. The summed E-state index contributed by atoms with van der Waals surface area (Å²) in [5.41, 5.74) is 1.42. The second kappa shape index (κ2) is 8.10. The van der Waals surface area contributed by atoms with Crippen LogP contribution >= 0.6 is 0 Å². The minimum atomic E-state index is -0.0251. The fourth-order valence-electron chi connectivity index (χ4n) is 3.22. The van der Waals surface area contributed by atoms with Crippen LogP contribution in [-0.2, 0) is 0 Å². The molecule has 1 amide bonds. The van der Waals surface area contributed by atoms with Gasteiger partial charge in [0, 0.05) is 37.8 Å². The Morgan fingerprint density at radius 1 is 1.04 bits per heavy atom. The minimum Gasteiger partial charge on any atom is -0.356 e. The summed E-state index contributed by atoms with van der Waals surface area (Å²) in [7, 11) is 0. The molecule has 1 aromatic carbocycles. The zero-order chi connectivity index (χ0) is 17.6. The molecule has 2 heterocycles. The lowest BCUT2D eigenvalue weighted by Crippen LogP contribution is -2.33. The number of nitrogens with zero attached hydrogens (tertiary/aromatic N) is 4. The van der Waals surface area contributed by atoms with E-state index in [-0.39, 0.29) is 5.91 Å². The van der Waals surface area contributed by atoms with Crippen molar-refractivity contribution in [2.75, 3.05) is 31.1 Å². The molecule has 132 valence electrons. The van der Waals surface area contributed by atoms with E-state index in [0.717, 1.165) is 24.5 Å². The number of piperidine rings is 1. The number of rotatable bonds is 5. The number of anilines is 1. The van der Waals surface area contributed by atoms with Gasteiger partial charge in [0.2, 0.25) is 0 Å². The fraction of sp³-hybridized carbons (Fsp3) is 0.450. The van der Waals surface area contributed by atoms with Crippen LogP contribution in [0.4, 0.5) is 5.82 Å². The summed E-state index contributed by atoms with van der Waals surface area (Å²) < 4.78 is 0. The zero-order valence-electron chi connectivity index (χ0n) is 15.1. The molecule has 0 radical (unpaired) electrons. The molecule has 0 saturated carbocycles.